The third kappa shape index (κ3) is 6.01. The summed E-state index contributed by atoms with van der Waals surface area (Å²) in [6.07, 6.45) is 10.2. The molecule has 25 heavy (non-hydrogen) atoms. The summed E-state index contributed by atoms with van der Waals surface area (Å²) < 4.78 is 0. The van der Waals surface area contributed by atoms with E-state index in [0.29, 0.717) is 18.5 Å². The first-order valence-corrected chi connectivity index (χ1v) is 9.50. The Morgan fingerprint density at radius 1 is 1.16 bits per heavy atom. The maximum Gasteiger partial charge on any atom is 0.189 e. The molecule has 0 unspecified atom stereocenters. The first-order chi connectivity index (χ1) is 11.7. The zero-order valence-corrected chi connectivity index (χ0v) is 17.7. The largest absolute Gasteiger partial charge is 0.370 e. The number of aliphatic imine (C=N–C) groups is 1. The van der Waals surface area contributed by atoms with E-state index in [1.54, 1.807) is 0 Å². The van der Waals surface area contributed by atoms with Gasteiger partial charge in [-0.25, -0.2) is 9.98 Å². The average Bonchev–Trinajstić information content (AvgIpc) is 2.99. The minimum atomic E-state index is 0. The second kappa shape index (κ2) is 10.2. The summed E-state index contributed by atoms with van der Waals surface area (Å²) in [5.74, 6) is 1.67. The van der Waals surface area contributed by atoms with E-state index < -0.39 is 0 Å². The number of rotatable bonds is 4. The van der Waals surface area contributed by atoms with Crippen LogP contribution in [0.2, 0.25) is 0 Å². The number of anilines is 1. The smallest absolute Gasteiger partial charge is 0.189 e. The van der Waals surface area contributed by atoms with Gasteiger partial charge < -0.3 is 16.0 Å². The highest BCUT2D eigenvalue weighted by Gasteiger charge is 2.17. The van der Waals surface area contributed by atoms with E-state index in [4.69, 9.17) is 10.7 Å². The first kappa shape index (κ1) is 20.3. The Kier molecular flexibility index (Phi) is 8.26. The van der Waals surface area contributed by atoms with E-state index in [1.165, 1.54) is 56.9 Å². The molecule has 0 atom stereocenters. The molecule has 5 nitrogen and oxygen atoms in total. The minimum absolute atomic E-state index is 0. The van der Waals surface area contributed by atoms with Gasteiger partial charge in [0.05, 0.1) is 6.54 Å². The van der Waals surface area contributed by atoms with Gasteiger partial charge in [0.2, 0.25) is 0 Å². The Hall–Kier alpha value is -1.05. The van der Waals surface area contributed by atoms with Crippen molar-refractivity contribution in [3.8, 4) is 0 Å². The Balaban J connectivity index is 0.00000225. The van der Waals surface area contributed by atoms with E-state index >= 15 is 0 Å². The molecule has 1 aromatic heterocycles. The number of pyridine rings is 1. The standard InChI is InChI=1S/C19H31N5.HI/c1-15-10-11-16(18(22-15)24-12-6-7-13-24)14-21-19(20)23-17-8-4-2-3-5-9-17;/h10-11,17H,2-9,12-14H2,1H3,(H3,20,21,23);1H. The minimum Gasteiger partial charge on any atom is -0.370 e. The van der Waals surface area contributed by atoms with Gasteiger partial charge in [0.25, 0.3) is 0 Å². The Labute approximate surface area is 168 Å². The molecule has 0 aromatic carbocycles. The SMILES string of the molecule is Cc1ccc(CN=C(N)NC2CCCCCC2)c(N2CCCC2)n1.I. The molecular weight excluding hydrogens is 425 g/mol. The summed E-state index contributed by atoms with van der Waals surface area (Å²) in [7, 11) is 0. The van der Waals surface area contributed by atoms with Crippen molar-refractivity contribution in [2.24, 2.45) is 10.7 Å². The van der Waals surface area contributed by atoms with Crippen molar-refractivity contribution >= 4 is 35.8 Å². The molecule has 2 aliphatic rings. The molecule has 1 saturated carbocycles. The van der Waals surface area contributed by atoms with Crippen molar-refractivity contribution in [1.82, 2.24) is 10.3 Å². The normalized spacial score (nSPS) is 19.4. The molecule has 1 saturated heterocycles. The Bertz CT molecular complexity index is 561. The van der Waals surface area contributed by atoms with Crippen LogP contribution in [0, 0.1) is 6.92 Å². The van der Waals surface area contributed by atoms with Crippen molar-refractivity contribution in [1.29, 1.82) is 0 Å². The third-order valence-corrected chi connectivity index (χ3v) is 5.13. The van der Waals surface area contributed by atoms with Gasteiger partial charge in [0.1, 0.15) is 5.82 Å². The van der Waals surface area contributed by atoms with E-state index in [2.05, 4.69) is 34.3 Å². The molecule has 1 aromatic rings. The maximum absolute atomic E-state index is 6.14. The van der Waals surface area contributed by atoms with Crippen molar-refractivity contribution in [3.63, 3.8) is 0 Å². The van der Waals surface area contributed by atoms with Crippen LogP contribution in [0.1, 0.15) is 62.6 Å². The highest BCUT2D eigenvalue weighted by molar-refractivity contribution is 14.0. The fourth-order valence-electron chi connectivity index (χ4n) is 3.75. The number of aromatic nitrogens is 1. The molecule has 0 spiro atoms. The molecule has 0 radical (unpaired) electrons. The number of halogens is 1. The van der Waals surface area contributed by atoms with Gasteiger partial charge in [-0.2, -0.15) is 0 Å². The Morgan fingerprint density at radius 2 is 1.84 bits per heavy atom. The van der Waals surface area contributed by atoms with Crippen molar-refractivity contribution in [2.75, 3.05) is 18.0 Å². The van der Waals surface area contributed by atoms with Gasteiger partial charge >= 0.3 is 0 Å². The lowest BCUT2D eigenvalue weighted by molar-refractivity contribution is 0.530. The maximum atomic E-state index is 6.14. The molecule has 6 heteroatoms. The Morgan fingerprint density at radius 3 is 2.52 bits per heavy atom. The lowest BCUT2D eigenvalue weighted by atomic mass is 10.1. The van der Waals surface area contributed by atoms with Gasteiger partial charge in [-0.3, -0.25) is 0 Å². The molecule has 1 aliphatic heterocycles. The predicted octanol–water partition coefficient (Wildman–Crippen LogP) is 3.74. The quantitative estimate of drug-likeness (QED) is 0.313. The van der Waals surface area contributed by atoms with Crippen molar-refractivity contribution < 1.29 is 0 Å². The van der Waals surface area contributed by atoms with Gasteiger partial charge in [-0.05, 0) is 38.7 Å². The number of aryl methyl sites for hydroxylation is 1. The van der Waals surface area contributed by atoms with Gasteiger partial charge in [0.15, 0.2) is 5.96 Å². The number of guanidine groups is 1. The highest BCUT2D eigenvalue weighted by atomic mass is 127. The fraction of sp³-hybridized carbons (Fsp3) is 0.684. The number of nitrogens with one attached hydrogen (secondary N) is 1. The summed E-state index contributed by atoms with van der Waals surface area (Å²) in [6, 6.07) is 4.71. The first-order valence-electron chi connectivity index (χ1n) is 9.50. The number of hydrogen-bond donors (Lipinski definition) is 2. The van der Waals surface area contributed by atoms with Crippen LogP contribution in [0.15, 0.2) is 17.1 Å². The van der Waals surface area contributed by atoms with Gasteiger partial charge in [-0.1, -0.05) is 31.7 Å². The number of nitrogens with two attached hydrogens (primary N) is 1. The number of hydrogen-bond acceptors (Lipinski definition) is 3. The van der Waals surface area contributed by atoms with Crippen LogP contribution >= 0.6 is 24.0 Å². The average molecular weight is 457 g/mol. The van der Waals surface area contributed by atoms with E-state index in [-0.39, 0.29) is 24.0 Å². The van der Waals surface area contributed by atoms with Crippen LogP contribution < -0.4 is 16.0 Å². The molecule has 0 bridgehead atoms. The fourth-order valence-corrected chi connectivity index (χ4v) is 3.75. The van der Waals surface area contributed by atoms with Gasteiger partial charge in [0, 0.05) is 30.4 Å². The van der Waals surface area contributed by atoms with E-state index in [1.807, 2.05) is 0 Å². The lowest BCUT2D eigenvalue weighted by Crippen LogP contribution is -2.39. The van der Waals surface area contributed by atoms with Crippen LogP contribution in [-0.4, -0.2) is 30.1 Å². The molecule has 2 heterocycles. The second-order valence-corrected chi connectivity index (χ2v) is 7.16. The van der Waals surface area contributed by atoms with E-state index in [9.17, 15) is 0 Å². The topological polar surface area (TPSA) is 66.5 Å². The zero-order valence-electron chi connectivity index (χ0n) is 15.3. The number of nitrogens with zero attached hydrogens (tertiary/aromatic N) is 3. The molecular formula is C19H32IN5. The lowest BCUT2D eigenvalue weighted by Gasteiger charge is -2.20. The summed E-state index contributed by atoms with van der Waals surface area (Å²) in [6.45, 7) is 4.85. The predicted molar refractivity (Wildman–Crippen MR) is 116 cm³/mol. The van der Waals surface area contributed by atoms with Crippen LogP contribution in [-0.2, 0) is 6.54 Å². The molecule has 0 amide bonds. The summed E-state index contributed by atoms with van der Waals surface area (Å²) in [4.78, 5) is 11.7. The van der Waals surface area contributed by atoms with Gasteiger partial charge in [-0.15, -0.1) is 24.0 Å². The zero-order chi connectivity index (χ0) is 16.8. The molecule has 2 fully saturated rings. The van der Waals surface area contributed by atoms with E-state index in [0.717, 1.165) is 24.6 Å². The van der Waals surface area contributed by atoms with Crippen LogP contribution in [0.4, 0.5) is 5.82 Å². The highest BCUT2D eigenvalue weighted by Crippen LogP contribution is 2.23. The van der Waals surface area contributed by atoms with Crippen LogP contribution in [0.25, 0.3) is 0 Å². The van der Waals surface area contributed by atoms with Crippen molar-refractivity contribution in [3.05, 3.63) is 23.4 Å². The third-order valence-electron chi connectivity index (χ3n) is 5.13. The molecule has 3 N–H and O–H groups in total. The van der Waals surface area contributed by atoms with Crippen molar-refractivity contribution in [2.45, 2.75) is 70.9 Å². The molecule has 140 valence electrons. The molecule has 1 aliphatic carbocycles. The van der Waals surface area contributed by atoms with Crippen LogP contribution in [0.5, 0.6) is 0 Å². The summed E-state index contributed by atoms with van der Waals surface area (Å²) >= 11 is 0. The van der Waals surface area contributed by atoms with Crippen LogP contribution in [0.3, 0.4) is 0 Å². The monoisotopic (exact) mass is 457 g/mol. The summed E-state index contributed by atoms with van der Waals surface area (Å²) in [5, 5.41) is 3.42. The second-order valence-electron chi connectivity index (χ2n) is 7.16. The summed E-state index contributed by atoms with van der Waals surface area (Å²) in [5.41, 5.74) is 8.38. The molecule has 3 rings (SSSR count).